The van der Waals surface area contributed by atoms with Crippen LogP contribution in [0.5, 0.6) is 0 Å². The van der Waals surface area contributed by atoms with Crippen LogP contribution in [0.4, 0.5) is 0 Å². The lowest BCUT2D eigenvalue weighted by atomic mass is 9.88. The Bertz CT molecular complexity index is 1190. The molecule has 2 aliphatic rings. The quantitative estimate of drug-likeness (QED) is 0.420. The molecule has 0 aromatic heterocycles. The highest BCUT2D eigenvalue weighted by atomic mass is 32.2. The minimum atomic E-state index is -0.436. The number of rotatable bonds is 1. The van der Waals surface area contributed by atoms with Crippen LogP contribution in [0.2, 0.25) is 0 Å². The topological polar surface area (TPSA) is 20.3 Å². The van der Waals surface area contributed by atoms with E-state index < -0.39 is 4.87 Å². The van der Waals surface area contributed by atoms with Crippen LogP contribution in [0.25, 0.3) is 21.5 Å². The summed E-state index contributed by atoms with van der Waals surface area (Å²) in [5, 5.41) is 4.93. The van der Waals surface area contributed by atoms with E-state index in [4.69, 9.17) is 0 Å². The number of amides is 1. The summed E-state index contributed by atoms with van der Waals surface area (Å²) in [5.41, 5.74) is 3.25. The summed E-state index contributed by atoms with van der Waals surface area (Å²) in [6, 6.07) is 27.5. The first-order chi connectivity index (χ1) is 13.3. The Labute approximate surface area is 161 Å². The van der Waals surface area contributed by atoms with Gasteiger partial charge in [0.15, 0.2) is 0 Å². The lowest BCUT2D eigenvalue weighted by Gasteiger charge is -2.34. The number of hydrogen-bond donors (Lipinski definition) is 0. The fourth-order valence-corrected chi connectivity index (χ4v) is 6.42. The molecule has 3 heteroatoms. The Morgan fingerprint density at radius 3 is 2.19 bits per heavy atom. The lowest BCUT2D eigenvalue weighted by Crippen LogP contribution is -2.38. The van der Waals surface area contributed by atoms with Gasteiger partial charge in [-0.05, 0) is 33.7 Å². The number of thioether (sulfide) groups is 1. The van der Waals surface area contributed by atoms with Crippen molar-refractivity contribution in [1.29, 1.82) is 0 Å². The summed E-state index contributed by atoms with van der Waals surface area (Å²) in [4.78, 5) is 14.9. The van der Waals surface area contributed by atoms with E-state index in [1.165, 1.54) is 27.1 Å². The predicted octanol–water partition coefficient (Wildman–Crippen LogP) is 5.40. The SMILES string of the molecule is O=C1c2ccccc2C2(c3c4ccccc4cc4ccccc34)SCCN12. The molecular weight excluding hydrogens is 350 g/mol. The molecule has 6 rings (SSSR count). The van der Waals surface area contributed by atoms with Crippen molar-refractivity contribution in [2.75, 3.05) is 12.3 Å². The molecule has 0 aliphatic carbocycles. The minimum Gasteiger partial charge on any atom is -0.315 e. The van der Waals surface area contributed by atoms with Gasteiger partial charge in [0, 0.05) is 29.0 Å². The normalized spacial score (nSPS) is 21.0. The third-order valence-corrected chi connectivity index (χ3v) is 7.33. The van der Waals surface area contributed by atoms with Crippen LogP contribution in [-0.4, -0.2) is 23.1 Å². The van der Waals surface area contributed by atoms with Gasteiger partial charge in [0.25, 0.3) is 5.91 Å². The van der Waals surface area contributed by atoms with E-state index in [0.29, 0.717) is 0 Å². The average molecular weight is 367 g/mol. The van der Waals surface area contributed by atoms with Crippen LogP contribution in [0, 0.1) is 0 Å². The summed E-state index contributed by atoms with van der Waals surface area (Å²) in [6.45, 7) is 0.787. The van der Waals surface area contributed by atoms with E-state index >= 15 is 0 Å². The second-order valence-electron chi connectivity index (χ2n) is 7.19. The van der Waals surface area contributed by atoms with Gasteiger partial charge < -0.3 is 4.90 Å². The smallest absolute Gasteiger partial charge is 0.255 e. The van der Waals surface area contributed by atoms with Crippen LogP contribution in [0.3, 0.4) is 0 Å². The van der Waals surface area contributed by atoms with Crippen molar-refractivity contribution in [2.45, 2.75) is 4.87 Å². The summed E-state index contributed by atoms with van der Waals surface area (Å²) >= 11 is 1.89. The van der Waals surface area contributed by atoms with Crippen molar-refractivity contribution in [3.05, 3.63) is 95.6 Å². The fourth-order valence-electron chi connectivity index (χ4n) is 4.82. The average Bonchev–Trinajstić information content (AvgIpc) is 3.25. The van der Waals surface area contributed by atoms with Crippen LogP contribution >= 0.6 is 11.8 Å². The molecule has 1 saturated heterocycles. The fraction of sp³-hybridized carbons (Fsp3) is 0.125. The molecule has 4 aromatic carbocycles. The van der Waals surface area contributed by atoms with E-state index in [1.807, 2.05) is 23.9 Å². The largest absolute Gasteiger partial charge is 0.315 e. The van der Waals surface area contributed by atoms with Crippen LogP contribution < -0.4 is 0 Å². The molecule has 4 aromatic rings. The third kappa shape index (κ3) is 1.85. The van der Waals surface area contributed by atoms with Gasteiger partial charge >= 0.3 is 0 Å². The zero-order chi connectivity index (χ0) is 18.0. The molecule has 1 fully saturated rings. The Hall–Kier alpha value is -2.78. The zero-order valence-electron chi connectivity index (χ0n) is 14.7. The maximum atomic E-state index is 13.2. The molecule has 0 radical (unpaired) electrons. The molecule has 0 saturated carbocycles. The van der Waals surface area contributed by atoms with E-state index in [-0.39, 0.29) is 5.91 Å². The standard InChI is InChI=1S/C24H17NOS/c26-23-20-11-5-6-12-21(20)24(25(23)13-14-27-24)22-18-9-3-1-7-16(18)15-17-8-2-4-10-19(17)22/h1-12,15H,13-14H2. The van der Waals surface area contributed by atoms with Gasteiger partial charge in [-0.3, -0.25) is 4.79 Å². The molecule has 1 atom stereocenters. The molecule has 2 nitrogen and oxygen atoms in total. The van der Waals surface area contributed by atoms with Gasteiger partial charge in [0.1, 0.15) is 4.87 Å². The highest BCUT2D eigenvalue weighted by Crippen LogP contribution is 2.58. The lowest BCUT2D eigenvalue weighted by molar-refractivity contribution is 0.0754. The number of benzene rings is 4. The molecule has 0 bridgehead atoms. The first kappa shape index (κ1) is 15.3. The summed E-state index contributed by atoms with van der Waals surface area (Å²) in [7, 11) is 0. The molecule has 1 unspecified atom stereocenters. The van der Waals surface area contributed by atoms with Crippen molar-refractivity contribution in [3.8, 4) is 0 Å². The third-order valence-electron chi connectivity index (χ3n) is 5.88. The highest BCUT2D eigenvalue weighted by molar-refractivity contribution is 8.00. The zero-order valence-corrected chi connectivity index (χ0v) is 15.5. The van der Waals surface area contributed by atoms with Crippen molar-refractivity contribution < 1.29 is 4.79 Å². The van der Waals surface area contributed by atoms with E-state index in [1.54, 1.807) is 0 Å². The van der Waals surface area contributed by atoms with Crippen LogP contribution in [-0.2, 0) is 4.87 Å². The van der Waals surface area contributed by atoms with Gasteiger partial charge in [-0.2, -0.15) is 0 Å². The van der Waals surface area contributed by atoms with Crippen molar-refractivity contribution in [3.63, 3.8) is 0 Å². The number of fused-ring (bicyclic) bond motifs is 5. The van der Waals surface area contributed by atoms with Crippen LogP contribution in [0.1, 0.15) is 21.5 Å². The molecule has 27 heavy (non-hydrogen) atoms. The van der Waals surface area contributed by atoms with E-state index in [9.17, 15) is 4.79 Å². The first-order valence-corrected chi connectivity index (χ1v) is 10.3. The number of hydrogen-bond acceptors (Lipinski definition) is 2. The van der Waals surface area contributed by atoms with Crippen molar-refractivity contribution in [1.82, 2.24) is 4.90 Å². The van der Waals surface area contributed by atoms with Crippen LogP contribution in [0.15, 0.2) is 78.9 Å². The van der Waals surface area contributed by atoms with Gasteiger partial charge in [-0.25, -0.2) is 0 Å². The number of carbonyl (C=O) groups excluding carboxylic acids is 1. The predicted molar refractivity (Wildman–Crippen MR) is 112 cm³/mol. The Balaban J connectivity index is 1.83. The van der Waals surface area contributed by atoms with E-state index in [0.717, 1.165) is 23.4 Å². The summed E-state index contributed by atoms with van der Waals surface area (Å²) < 4.78 is 0. The Morgan fingerprint density at radius 2 is 1.44 bits per heavy atom. The highest BCUT2D eigenvalue weighted by Gasteiger charge is 2.55. The molecular formula is C24H17NOS. The monoisotopic (exact) mass is 367 g/mol. The maximum absolute atomic E-state index is 13.2. The van der Waals surface area contributed by atoms with Gasteiger partial charge in [0.2, 0.25) is 0 Å². The molecule has 1 amide bonds. The minimum absolute atomic E-state index is 0.160. The molecule has 0 spiro atoms. The second kappa shape index (κ2) is 5.37. The molecule has 2 aliphatic heterocycles. The first-order valence-electron chi connectivity index (χ1n) is 9.27. The van der Waals surface area contributed by atoms with Crippen molar-refractivity contribution in [2.24, 2.45) is 0 Å². The molecule has 2 heterocycles. The molecule has 130 valence electrons. The van der Waals surface area contributed by atoms with Gasteiger partial charge in [-0.15, -0.1) is 11.8 Å². The molecule has 0 N–H and O–H groups in total. The van der Waals surface area contributed by atoms with Crippen molar-refractivity contribution >= 4 is 39.2 Å². The van der Waals surface area contributed by atoms with Gasteiger partial charge in [-0.1, -0.05) is 66.7 Å². The Morgan fingerprint density at radius 1 is 0.815 bits per heavy atom. The summed E-state index contributed by atoms with van der Waals surface area (Å²) in [5.74, 6) is 1.12. The Kier molecular flexibility index (Phi) is 3.04. The van der Waals surface area contributed by atoms with E-state index in [2.05, 4.69) is 71.6 Å². The number of nitrogens with zero attached hydrogens (tertiary/aromatic N) is 1. The number of carbonyl (C=O) groups is 1. The summed E-state index contributed by atoms with van der Waals surface area (Å²) in [6.07, 6.45) is 0. The van der Waals surface area contributed by atoms with Gasteiger partial charge in [0.05, 0.1) is 0 Å². The maximum Gasteiger partial charge on any atom is 0.255 e. The second-order valence-corrected chi connectivity index (χ2v) is 8.48.